The first-order chi connectivity index (χ1) is 10.5. The number of hydrogen-bond acceptors (Lipinski definition) is 4. The number of halogens is 1. The van der Waals surface area contributed by atoms with Gasteiger partial charge in [0, 0.05) is 22.8 Å². The number of benzene rings is 2. The van der Waals surface area contributed by atoms with Crippen LogP contribution in [0.25, 0.3) is 0 Å². The Balaban J connectivity index is 1.87. The Morgan fingerprint density at radius 1 is 1.14 bits per heavy atom. The quantitative estimate of drug-likeness (QED) is 0.513. The van der Waals surface area contributed by atoms with Crippen LogP contribution in [-0.2, 0) is 0 Å². The molecule has 2 aromatic rings. The second kappa shape index (κ2) is 7.19. The Hall–Kier alpha value is -2.93. The summed E-state index contributed by atoms with van der Waals surface area (Å²) in [7, 11) is 0. The highest BCUT2D eigenvalue weighted by molar-refractivity contribution is 6.30. The second-order valence-corrected chi connectivity index (χ2v) is 4.62. The van der Waals surface area contributed by atoms with E-state index >= 15 is 0 Å². The number of nitrogens with one attached hydrogen (secondary N) is 2. The van der Waals surface area contributed by atoms with Gasteiger partial charge in [0.05, 0.1) is 11.1 Å². The molecule has 8 heteroatoms. The van der Waals surface area contributed by atoms with Gasteiger partial charge >= 0.3 is 6.03 Å². The minimum absolute atomic E-state index is 0.00871. The minimum Gasteiger partial charge on any atom is -0.307 e. The first-order valence-electron chi connectivity index (χ1n) is 6.15. The molecule has 112 valence electrons. The van der Waals surface area contributed by atoms with Crippen LogP contribution in [0.4, 0.5) is 16.2 Å². The number of non-ortho nitro benzene ring substituents is 1. The molecule has 0 aliphatic carbocycles. The molecule has 0 aromatic heterocycles. The Bertz CT molecular complexity index is 699. The van der Waals surface area contributed by atoms with E-state index in [2.05, 4.69) is 15.8 Å². The number of carbonyl (C=O) groups excluding carboxylic acids is 1. The van der Waals surface area contributed by atoms with Gasteiger partial charge in [-0.3, -0.25) is 10.1 Å². The van der Waals surface area contributed by atoms with Crippen LogP contribution in [0.1, 0.15) is 5.56 Å². The number of hydrogen-bond donors (Lipinski definition) is 2. The maximum Gasteiger partial charge on any atom is 0.339 e. The third-order valence-electron chi connectivity index (χ3n) is 2.59. The van der Waals surface area contributed by atoms with Crippen molar-refractivity contribution in [2.45, 2.75) is 0 Å². The highest BCUT2D eigenvalue weighted by atomic mass is 35.5. The summed E-state index contributed by atoms with van der Waals surface area (Å²) < 4.78 is 0. The zero-order valence-electron chi connectivity index (χ0n) is 11.2. The van der Waals surface area contributed by atoms with E-state index in [1.165, 1.54) is 30.5 Å². The predicted molar refractivity (Wildman–Crippen MR) is 84.3 cm³/mol. The van der Waals surface area contributed by atoms with Gasteiger partial charge in [0.25, 0.3) is 5.69 Å². The summed E-state index contributed by atoms with van der Waals surface area (Å²) in [5.74, 6) is 0. The van der Waals surface area contributed by atoms with Crippen LogP contribution in [0.3, 0.4) is 0 Å². The van der Waals surface area contributed by atoms with E-state index in [0.717, 1.165) is 0 Å². The van der Waals surface area contributed by atoms with Gasteiger partial charge in [-0.05, 0) is 42.0 Å². The summed E-state index contributed by atoms with van der Waals surface area (Å²) in [6.45, 7) is 0. The van der Waals surface area contributed by atoms with Crippen LogP contribution in [0, 0.1) is 10.1 Å². The number of urea groups is 1. The highest BCUT2D eigenvalue weighted by Crippen LogP contribution is 2.13. The molecule has 7 nitrogen and oxygen atoms in total. The predicted octanol–water partition coefficient (Wildman–Crippen LogP) is 3.40. The van der Waals surface area contributed by atoms with Gasteiger partial charge in [-0.1, -0.05) is 11.6 Å². The molecular weight excluding hydrogens is 308 g/mol. The second-order valence-electron chi connectivity index (χ2n) is 4.18. The van der Waals surface area contributed by atoms with Crippen molar-refractivity contribution >= 4 is 35.2 Å². The average molecular weight is 319 g/mol. The summed E-state index contributed by atoms with van der Waals surface area (Å²) in [5, 5.41) is 17.4. The van der Waals surface area contributed by atoms with Crippen LogP contribution in [0.15, 0.2) is 53.6 Å². The van der Waals surface area contributed by atoms with Gasteiger partial charge in [-0.25, -0.2) is 10.2 Å². The van der Waals surface area contributed by atoms with Gasteiger partial charge in [-0.15, -0.1) is 0 Å². The molecule has 2 amide bonds. The smallest absolute Gasteiger partial charge is 0.307 e. The summed E-state index contributed by atoms with van der Waals surface area (Å²) in [5.41, 5.74) is 3.47. The van der Waals surface area contributed by atoms with Crippen LogP contribution >= 0.6 is 11.6 Å². The topological polar surface area (TPSA) is 96.6 Å². The lowest BCUT2D eigenvalue weighted by atomic mass is 10.2. The van der Waals surface area contributed by atoms with Crippen molar-refractivity contribution < 1.29 is 9.72 Å². The number of nitrogens with zero attached hydrogens (tertiary/aromatic N) is 2. The fourth-order valence-electron chi connectivity index (χ4n) is 1.54. The summed E-state index contributed by atoms with van der Waals surface area (Å²) in [4.78, 5) is 21.6. The van der Waals surface area contributed by atoms with E-state index in [-0.39, 0.29) is 5.69 Å². The zero-order valence-corrected chi connectivity index (χ0v) is 11.9. The number of hydrazone groups is 1. The maximum atomic E-state index is 11.6. The molecule has 2 rings (SSSR count). The molecule has 0 saturated carbocycles. The van der Waals surface area contributed by atoms with Crippen molar-refractivity contribution in [2.75, 3.05) is 5.32 Å². The lowest BCUT2D eigenvalue weighted by molar-refractivity contribution is -0.384. The number of anilines is 1. The molecule has 0 radical (unpaired) electrons. The van der Waals surface area contributed by atoms with Crippen molar-refractivity contribution in [2.24, 2.45) is 5.10 Å². The summed E-state index contributed by atoms with van der Waals surface area (Å²) in [6, 6.07) is 11.9. The number of carbonyl (C=O) groups is 1. The number of rotatable bonds is 4. The maximum absolute atomic E-state index is 11.6. The van der Waals surface area contributed by atoms with Crippen LogP contribution < -0.4 is 10.7 Å². The molecule has 0 atom stereocenters. The Morgan fingerprint density at radius 3 is 2.36 bits per heavy atom. The van der Waals surface area contributed by atoms with Crippen LogP contribution in [0.5, 0.6) is 0 Å². The van der Waals surface area contributed by atoms with Crippen molar-refractivity contribution in [3.63, 3.8) is 0 Å². The van der Waals surface area contributed by atoms with Gasteiger partial charge < -0.3 is 5.32 Å². The third kappa shape index (κ3) is 4.57. The number of amides is 2. The molecule has 2 aromatic carbocycles. The molecule has 0 spiro atoms. The largest absolute Gasteiger partial charge is 0.339 e. The molecule has 0 fully saturated rings. The first-order valence-corrected chi connectivity index (χ1v) is 6.52. The molecule has 0 bridgehead atoms. The Morgan fingerprint density at radius 2 is 1.77 bits per heavy atom. The van der Waals surface area contributed by atoms with E-state index in [0.29, 0.717) is 16.3 Å². The lowest BCUT2D eigenvalue weighted by Crippen LogP contribution is -2.24. The molecule has 22 heavy (non-hydrogen) atoms. The highest BCUT2D eigenvalue weighted by Gasteiger charge is 2.03. The van der Waals surface area contributed by atoms with Crippen LogP contribution in [-0.4, -0.2) is 17.2 Å². The standard InChI is InChI=1S/C14H11ClN4O3/c15-11-3-5-12(6-4-11)17-14(20)18-16-9-10-1-7-13(8-2-10)19(21)22/h1-9H,(H2,17,18,20)/b16-9-. The summed E-state index contributed by atoms with van der Waals surface area (Å²) in [6.07, 6.45) is 1.38. The molecule has 0 aliphatic rings. The SMILES string of the molecule is O=C(N/N=C\c1ccc([N+](=O)[O-])cc1)Nc1ccc(Cl)cc1. The molecule has 0 saturated heterocycles. The van der Waals surface area contributed by atoms with Gasteiger partial charge in [0.15, 0.2) is 0 Å². The molecule has 2 N–H and O–H groups in total. The fraction of sp³-hybridized carbons (Fsp3) is 0. The van der Waals surface area contributed by atoms with Crippen molar-refractivity contribution in [1.82, 2.24) is 5.43 Å². The van der Waals surface area contributed by atoms with E-state index in [1.54, 1.807) is 24.3 Å². The zero-order chi connectivity index (χ0) is 15.9. The van der Waals surface area contributed by atoms with Crippen molar-refractivity contribution in [1.29, 1.82) is 0 Å². The lowest BCUT2D eigenvalue weighted by Gasteiger charge is -2.03. The van der Waals surface area contributed by atoms with Crippen LogP contribution in [0.2, 0.25) is 5.02 Å². The molecule has 0 aliphatic heterocycles. The van der Waals surface area contributed by atoms with E-state index in [9.17, 15) is 14.9 Å². The van der Waals surface area contributed by atoms with Crippen molar-refractivity contribution in [3.8, 4) is 0 Å². The Labute approximate surface area is 130 Å². The average Bonchev–Trinajstić information content (AvgIpc) is 2.50. The van der Waals surface area contributed by atoms with Gasteiger partial charge in [0.1, 0.15) is 0 Å². The number of nitro benzene ring substituents is 1. The number of nitro groups is 1. The van der Waals surface area contributed by atoms with Crippen molar-refractivity contribution in [3.05, 3.63) is 69.2 Å². The van der Waals surface area contributed by atoms with Gasteiger partial charge in [0.2, 0.25) is 0 Å². The van der Waals surface area contributed by atoms with E-state index < -0.39 is 11.0 Å². The minimum atomic E-state index is -0.513. The third-order valence-corrected chi connectivity index (χ3v) is 2.84. The fourth-order valence-corrected chi connectivity index (χ4v) is 1.67. The van der Waals surface area contributed by atoms with E-state index in [1.807, 2.05) is 0 Å². The summed E-state index contributed by atoms with van der Waals surface area (Å²) >= 11 is 5.74. The molecular formula is C14H11ClN4O3. The normalized spacial score (nSPS) is 10.4. The molecule has 0 heterocycles. The first kappa shape index (κ1) is 15.5. The monoisotopic (exact) mass is 318 g/mol. The molecule has 0 unspecified atom stereocenters. The Kier molecular flexibility index (Phi) is 5.05. The van der Waals surface area contributed by atoms with E-state index in [4.69, 9.17) is 11.6 Å². The van der Waals surface area contributed by atoms with Gasteiger partial charge in [-0.2, -0.15) is 5.10 Å².